The standard InChI is InChI=1S/C11H18N2/c1-3-4-5-7-13-11-9-12-8-6-10(11)2/h6,8-9,13H,3-5,7H2,1-2H3. The number of hydrogen-bond donors (Lipinski definition) is 1. The highest BCUT2D eigenvalue weighted by Gasteiger charge is 1.94. The van der Waals surface area contributed by atoms with Gasteiger partial charge in [-0.25, -0.2) is 0 Å². The van der Waals surface area contributed by atoms with E-state index in [1.54, 1.807) is 0 Å². The van der Waals surface area contributed by atoms with Crippen molar-refractivity contribution in [2.24, 2.45) is 0 Å². The summed E-state index contributed by atoms with van der Waals surface area (Å²) in [6.07, 6.45) is 7.53. The van der Waals surface area contributed by atoms with E-state index >= 15 is 0 Å². The van der Waals surface area contributed by atoms with Crippen molar-refractivity contribution in [1.29, 1.82) is 0 Å². The lowest BCUT2D eigenvalue weighted by Gasteiger charge is -2.07. The van der Waals surface area contributed by atoms with Gasteiger partial charge >= 0.3 is 0 Å². The second kappa shape index (κ2) is 5.57. The van der Waals surface area contributed by atoms with Crippen LogP contribution in [0.5, 0.6) is 0 Å². The van der Waals surface area contributed by atoms with Crippen LogP contribution in [0.3, 0.4) is 0 Å². The predicted molar refractivity (Wildman–Crippen MR) is 57.0 cm³/mol. The number of aromatic nitrogens is 1. The minimum Gasteiger partial charge on any atom is -0.384 e. The Labute approximate surface area is 80.4 Å². The van der Waals surface area contributed by atoms with Gasteiger partial charge < -0.3 is 5.32 Å². The topological polar surface area (TPSA) is 24.9 Å². The van der Waals surface area contributed by atoms with Gasteiger partial charge in [0.15, 0.2) is 0 Å². The fraction of sp³-hybridized carbons (Fsp3) is 0.545. The zero-order chi connectivity index (χ0) is 9.52. The molecule has 1 N–H and O–H groups in total. The molecule has 1 rings (SSSR count). The Morgan fingerprint density at radius 2 is 2.23 bits per heavy atom. The van der Waals surface area contributed by atoms with Gasteiger partial charge in [0.2, 0.25) is 0 Å². The molecule has 0 radical (unpaired) electrons. The average Bonchev–Trinajstić information content (AvgIpc) is 2.15. The molecule has 1 heterocycles. The maximum atomic E-state index is 4.08. The normalized spacial score (nSPS) is 10.0. The van der Waals surface area contributed by atoms with E-state index in [0.717, 1.165) is 6.54 Å². The molecule has 1 aromatic rings. The molecule has 72 valence electrons. The third-order valence-corrected chi connectivity index (χ3v) is 2.13. The number of pyridine rings is 1. The number of nitrogens with one attached hydrogen (secondary N) is 1. The fourth-order valence-electron chi connectivity index (χ4n) is 1.25. The van der Waals surface area contributed by atoms with Gasteiger partial charge in [0.05, 0.1) is 11.9 Å². The Morgan fingerprint density at radius 1 is 1.38 bits per heavy atom. The van der Waals surface area contributed by atoms with Crippen LogP contribution in [0.25, 0.3) is 0 Å². The predicted octanol–water partition coefficient (Wildman–Crippen LogP) is 2.99. The smallest absolute Gasteiger partial charge is 0.0556 e. The van der Waals surface area contributed by atoms with Crippen molar-refractivity contribution in [3.05, 3.63) is 24.0 Å². The maximum absolute atomic E-state index is 4.08. The Hall–Kier alpha value is -1.05. The molecule has 2 heteroatoms. The molecule has 0 amide bonds. The third kappa shape index (κ3) is 3.45. The summed E-state index contributed by atoms with van der Waals surface area (Å²) < 4.78 is 0. The summed E-state index contributed by atoms with van der Waals surface area (Å²) in [6.45, 7) is 5.37. The molecular formula is C11H18N2. The van der Waals surface area contributed by atoms with Gasteiger partial charge in [0, 0.05) is 12.7 Å². The summed E-state index contributed by atoms with van der Waals surface area (Å²) in [5.74, 6) is 0. The molecule has 0 spiro atoms. The van der Waals surface area contributed by atoms with Gasteiger partial charge in [-0.15, -0.1) is 0 Å². The summed E-state index contributed by atoms with van der Waals surface area (Å²) in [4.78, 5) is 4.08. The molecule has 0 aliphatic carbocycles. The van der Waals surface area contributed by atoms with Gasteiger partial charge in [0.1, 0.15) is 0 Å². The number of nitrogens with zero attached hydrogens (tertiary/aromatic N) is 1. The van der Waals surface area contributed by atoms with E-state index in [4.69, 9.17) is 0 Å². The maximum Gasteiger partial charge on any atom is 0.0556 e. The van der Waals surface area contributed by atoms with Gasteiger partial charge in [-0.1, -0.05) is 19.8 Å². The second-order valence-corrected chi connectivity index (χ2v) is 3.32. The van der Waals surface area contributed by atoms with Gasteiger partial charge in [-0.2, -0.15) is 0 Å². The van der Waals surface area contributed by atoms with E-state index in [0.29, 0.717) is 0 Å². The zero-order valence-electron chi connectivity index (χ0n) is 8.51. The molecule has 1 aromatic heterocycles. The monoisotopic (exact) mass is 178 g/mol. The van der Waals surface area contributed by atoms with Crippen LogP contribution in [0.15, 0.2) is 18.5 Å². The molecule has 0 atom stereocenters. The molecule has 13 heavy (non-hydrogen) atoms. The molecule has 0 unspecified atom stereocenters. The lowest BCUT2D eigenvalue weighted by Crippen LogP contribution is -2.02. The van der Waals surface area contributed by atoms with Crippen LogP contribution in [0.2, 0.25) is 0 Å². The van der Waals surface area contributed by atoms with Crippen LogP contribution in [0, 0.1) is 6.92 Å². The Kier molecular flexibility index (Phi) is 4.30. The first-order valence-electron chi connectivity index (χ1n) is 4.99. The van der Waals surface area contributed by atoms with E-state index < -0.39 is 0 Å². The first kappa shape index (κ1) is 10.0. The van der Waals surface area contributed by atoms with Gasteiger partial charge in [-0.3, -0.25) is 4.98 Å². The first-order valence-corrected chi connectivity index (χ1v) is 4.99. The Balaban J connectivity index is 2.32. The van der Waals surface area contributed by atoms with Crippen LogP contribution in [0.4, 0.5) is 5.69 Å². The van der Waals surface area contributed by atoms with Crippen LogP contribution in [0.1, 0.15) is 31.7 Å². The zero-order valence-corrected chi connectivity index (χ0v) is 8.51. The summed E-state index contributed by atoms with van der Waals surface area (Å²) in [5, 5.41) is 3.39. The highest BCUT2D eigenvalue weighted by Crippen LogP contribution is 2.11. The van der Waals surface area contributed by atoms with Crippen molar-refractivity contribution in [3.8, 4) is 0 Å². The summed E-state index contributed by atoms with van der Waals surface area (Å²) in [6, 6.07) is 2.03. The first-order chi connectivity index (χ1) is 6.34. The summed E-state index contributed by atoms with van der Waals surface area (Å²) >= 11 is 0. The average molecular weight is 178 g/mol. The third-order valence-electron chi connectivity index (χ3n) is 2.13. The van der Waals surface area contributed by atoms with Crippen LogP contribution in [-0.2, 0) is 0 Å². The number of aryl methyl sites for hydroxylation is 1. The SMILES string of the molecule is CCCCCNc1cnccc1C. The minimum atomic E-state index is 1.06. The van der Waals surface area contributed by atoms with Crippen molar-refractivity contribution in [2.75, 3.05) is 11.9 Å². The van der Waals surface area contributed by atoms with Gasteiger partial charge in [0.25, 0.3) is 0 Å². The summed E-state index contributed by atoms with van der Waals surface area (Å²) in [7, 11) is 0. The van der Waals surface area contributed by atoms with Gasteiger partial charge in [-0.05, 0) is 25.0 Å². The van der Waals surface area contributed by atoms with E-state index in [-0.39, 0.29) is 0 Å². The molecule has 0 aromatic carbocycles. The van der Waals surface area contributed by atoms with Crippen molar-refractivity contribution < 1.29 is 0 Å². The number of anilines is 1. The Morgan fingerprint density at radius 3 is 2.92 bits per heavy atom. The van der Waals surface area contributed by atoms with Crippen LogP contribution in [-0.4, -0.2) is 11.5 Å². The molecular weight excluding hydrogens is 160 g/mol. The fourth-order valence-corrected chi connectivity index (χ4v) is 1.25. The van der Waals surface area contributed by atoms with Crippen LogP contribution >= 0.6 is 0 Å². The molecule has 0 bridgehead atoms. The lowest BCUT2D eigenvalue weighted by molar-refractivity contribution is 0.743. The number of hydrogen-bond acceptors (Lipinski definition) is 2. The molecule has 0 aliphatic rings. The second-order valence-electron chi connectivity index (χ2n) is 3.32. The van der Waals surface area contributed by atoms with E-state index in [1.807, 2.05) is 18.5 Å². The molecule has 2 nitrogen and oxygen atoms in total. The molecule has 0 saturated carbocycles. The molecule has 0 saturated heterocycles. The number of rotatable bonds is 5. The minimum absolute atomic E-state index is 1.06. The summed E-state index contributed by atoms with van der Waals surface area (Å²) in [5.41, 5.74) is 2.44. The quantitative estimate of drug-likeness (QED) is 0.701. The molecule has 0 aliphatic heterocycles. The van der Waals surface area contributed by atoms with E-state index in [2.05, 4.69) is 24.1 Å². The van der Waals surface area contributed by atoms with Crippen molar-refractivity contribution in [3.63, 3.8) is 0 Å². The van der Waals surface area contributed by atoms with E-state index in [9.17, 15) is 0 Å². The van der Waals surface area contributed by atoms with Crippen molar-refractivity contribution in [2.45, 2.75) is 33.1 Å². The van der Waals surface area contributed by atoms with Crippen molar-refractivity contribution in [1.82, 2.24) is 4.98 Å². The van der Waals surface area contributed by atoms with E-state index in [1.165, 1.54) is 30.5 Å². The highest BCUT2D eigenvalue weighted by atomic mass is 14.9. The largest absolute Gasteiger partial charge is 0.384 e. The molecule has 0 fully saturated rings. The highest BCUT2D eigenvalue weighted by molar-refractivity contribution is 5.47. The van der Waals surface area contributed by atoms with Crippen molar-refractivity contribution >= 4 is 5.69 Å². The lowest BCUT2D eigenvalue weighted by atomic mass is 10.2. The van der Waals surface area contributed by atoms with Crippen LogP contribution < -0.4 is 5.32 Å². The Bertz CT molecular complexity index is 246. The number of unbranched alkanes of at least 4 members (excludes halogenated alkanes) is 2.